The molecule has 1 aromatic heterocycles. The zero-order chi connectivity index (χ0) is 15.1. The molecule has 4 N–H and O–H groups in total. The number of aliphatic hydroxyl groups excluding tert-OH is 2. The lowest BCUT2D eigenvalue weighted by Crippen LogP contribution is -2.51. The average molecular weight is 282 g/mol. The fourth-order valence-electron chi connectivity index (χ4n) is 2.16. The lowest BCUT2D eigenvalue weighted by molar-refractivity contribution is -0.119. The number of nitrogens with one attached hydrogen (secondary N) is 1. The standard InChI is InChI=1S/C12H14N2O6/c1-3-12(19)8(17)11(2,6-15)20-9(12)14-5-4-7(16)13-10(14)18/h1,4-5,8-9,15,17,19H,6H2,2H3,(H,13,16,18). The first-order valence-electron chi connectivity index (χ1n) is 5.77. The first kappa shape index (κ1) is 14.5. The second-order valence-electron chi connectivity index (χ2n) is 4.83. The van der Waals surface area contributed by atoms with E-state index in [1.165, 1.54) is 6.92 Å². The highest BCUT2D eigenvalue weighted by Crippen LogP contribution is 2.43. The smallest absolute Gasteiger partial charge is 0.330 e. The molecule has 0 saturated carbocycles. The Balaban J connectivity index is 2.59. The monoisotopic (exact) mass is 282 g/mol. The highest BCUT2D eigenvalue weighted by Gasteiger charge is 2.61. The largest absolute Gasteiger partial charge is 0.393 e. The average Bonchev–Trinajstić information content (AvgIpc) is 2.62. The van der Waals surface area contributed by atoms with Gasteiger partial charge >= 0.3 is 5.69 Å². The van der Waals surface area contributed by atoms with Gasteiger partial charge in [-0.3, -0.25) is 14.3 Å². The highest BCUT2D eigenvalue weighted by atomic mass is 16.6. The van der Waals surface area contributed by atoms with Crippen LogP contribution >= 0.6 is 0 Å². The number of aromatic amines is 1. The predicted molar refractivity (Wildman–Crippen MR) is 66.7 cm³/mol. The van der Waals surface area contributed by atoms with Crippen LogP contribution < -0.4 is 11.2 Å². The minimum absolute atomic E-state index is 0.618. The first-order valence-corrected chi connectivity index (χ1v) is 5.77. The van der Waals surface area contributed by atoms with Crippen molar-refractivity contribution in [2.45, 2.75) is 30.5 Å². The summed E-state index contributed by atoms with van der Waals surface area (Å²) in [5.74, 6) is 1.99. The first-order chi connectivity index (χ1) is 9.28. The van der Waals surface area contributed by atoms with E-state index < -0.39 is 41.4 Å². The normalized spacial score (nSPS) is 36.8. The van der Waals surface area contributed by atoms with Gasteiger partial charge < -0.3 is 20.1 Å². The van der Waals surface area contributed by atoms with Crippen molar-refractivity contribution in [3.8, 4) is 12.3 Å². The Bertz CT molecular complexity index is 674. The summed E-state index contributed by atoms with van der Waals surface area (Å²) >= 11 is 0. The van der Waals surface area contributed by atoms with Crippen LogP contribution in [0.4, 0.5) is 0 Å². The summed E-state index contributed by atoms with van der Waals surface area (Å²) in [5.41, 5.74) is -5.24. The van der Waals surface area contributed by atoms with E-state index in [4.69, 9.17) is 11.2 Å². The zero-order valence-electron chi connectivity index (χ0n) is 10.6. The molecule has 0 aromatic carbocycles. The third-order valence-corrected chi connectivity index (χ3v) is 3.40. The molecule has 1 aromatic rings. The van der Waals surface area contributed by atoms with Crippen LogP contribution in [-0.4, -0.2) is 48.8 Å². The van der Waals surface area contributed by atoms with E-state index >= 15 is 0 Å². The van der Waals surface area contributed by atoms with E-state index in [-0.39, 0.29) is 0 Å². The van der Waals surface area contributed by atoms with E-state index in [1.54, 1.807) is 0 Å². The van der Waals surface area contributed by atoms with E-state index in [0.29, 0.717) is 0 Å². The van der Waals surface area contributed by atoms with Crippen LogP contribution in [0.1, 0.15) is 13.2 Å². The second kappa shape index (κ2) is 4.57. The Morgan fingerprint density at radius 1 is 1.60 bits per heavy atom. The molecule has 1 aliphatic rings. The summed E-state index contributed by atoms with van der Waals surface area (Å²) in [5, 5.41) is 29.7. The number of nitrogens with zero attached hydrogens (tertiary/aromatic N) is 1. The molecule has 1 saturated heterocycles. The van der Waals surface area contributed by atoms with E-state index in [9.17, 15) is 24.9 Å². The third kappa shape index (κ3) is 1.88. The molecule has 4 atom stereocenters. The number of aliphatic hydroxyl groups is 3. The van der Waals surface area contributed by atoms with Gasteiger partial charge in [-0.1, -0.05) is 5.92 Å². The molecule has 0 bridgehead atoms. The molecule has 20 heavy (non-hydrogen) atoms. The van der Waals surface area contributed by atoms with Crippen LogP contribution in [0, 0.1) is 12.3 Å². The van der Waals surface area contributed by atoms with Crippen molar-refractivity contribution in [1.29, 1.82) is 0 Å². The van der Waals surface area contributed by atoms with Crippen molar-refractivity contribution in [3.05, 3.63) is 33.1 Å². The Labute approximate surface area is 113 Å². The Morgan fingerprint density at radius 3 is 2.75 bits per heavy atom. The van der Waals surface area contributed by atoms with Crippen molar-refractivity contribution >= 4 is 0 Å². The van der Waals surface area contributed by atoms with Crippen LogP contribution in [0.3, 0.4) is 0 Å². The number of hydrogen-bond donors (Lipinski definition) is 4. The molecule has 0 radical (unpaired) electrons. The van der Waals surface area contributed by atoms with Crippen LogP contribution in [0.2, 0.25) is 0 Å². The van der Waals surface area contributed by atoms with Gasteiger partial charge in [-0.25, -0.2) is 4.79 Å². The van der Waals surface area contributed by atoms with Gasteiger partial charge in [0.2, 0.25) is 0 Å². The van der Waals surface area contributed by atoms with Gasteiger partial charge in [0.25, 0.3) is 5.56 Å². The predicted octanol–water partition coefficient (Wildman–Crippen LogP) is -2.46. The summed E-state index contributed by atoms with van der Waals surface area (Å²) in [6.07, 6.45) is 3.26. The van der Waals surface area contributed by atoms with Gasteiger partial charge in [-0.05, 0) is 6.92 Å². The molecule has 8 heteroatoms. The summed E-state index contributed by atoms with van der Waals surface area (Å²) in [7, 11) is 0. The van der Waals surface area contributed by atoms with Crippen molar-refractivity contribution in [1.82, 2.24) is 9.55 Å². The summed E-state index contributed by atoms with van der Waals surface area (Å²) in [6, 6.07) is 1.04. The molecule has 8 nitrogen and oxygen atoms in total. The lowest BCUT2D eigenvalue weighted by atomic mass is 9.88. The molecule has 1 fully saturated rings. The van der Waals surface area contributed by atoms with E-state index in [2.05, 4.69) is 0 Å². The minimum Gasteiger partial charge on any atom is -0.393 e. The Hall–Kier alpha value is -1.92. The van der Waals surface area contributed by atoms with Crippen molar-refractivity contribution in [2.75, 3.05) is 6.61 Å². The third-order valence-electron chi connectivity index (χ3n) is 3.40. The summed E-state index contributed by atoms with van der Waals surface area (Å²) in [4.78, 5) is 24.8. The van der Waals surface area contributed by atoms with Crippen molar-refractivity contribution in [2.24, 2.45) is 0 Å². The maximum Gasteiger partial charge on any atom is 0.330 e. The molecular formula is C12H14N2O6. The quantitative estimate of drug-likeness (QED) is 0.446. The number of rotatable bonds is 2. The lowest BCUT2D eigenvalue weighted by Gasteiger charge is -2.27. The molecule has 4 unspecified atom stereocenters. The maximum atomic E-state index is 11.7. The van der Waals surface area contributed by atoms with Crippen LogP contribution in [0.5, 0.6) is 0 Å². The fourth-order valence-corrected chi connectivity index (χ4v) is 2.16. The molecule has 1 aliphatic heterocycles. The van der Waals surface area contributed by atoms with E-state index in [1.807, 2.05) is 10.9 Å². The number of aromatic nitrogens is 2. The fraction of sp³-hybridized carbons (Fsp3) is 0.500. The van der Waals surface area contributed by atoms with Gasteiger partial charge in [0.1, 0.15) is 11.7 Å². The second-order valence-corrected chi connectivity index (χ2v) is 4.83. The van der Waals surface area contributed by atoms with Crippen LogP contribution in [-0.2, 0) is 4.74 Å². The number of H-pyrrole nitrogens is 1. The highest BCUT2D eigenvalue weighted by molar-refractivity contribution is 5.22. The number of ether oxygens (including phenoxy) is 1. The molecule has 0 amide bonds. The SMILES string of the molecule is C#CC1(O)C(n2ccc(=O)[nH]c2=O)OC(C)(CO)C1O. The van der Waals surface area contributed by atoms with Gasteiger partial charge in [-0.2, -0.15) is 0 Å². The van der Waals surface area contributed by atoms with Crippen LogP contribution in [0.25, 0.3) is 0 Å². The summed E-state index contributed by atoms with van der Waals surface area (Å²) < 4.78 is 6.22. The van der Waals surface area contributed by atoms with Crippen molar-refractivity contribution < 1.29 is 20.1 Å². The minimum atomic E-state index is -2.22. The van der Waals surface area contributed by atoms with E-state index in [0.717, 1.165) is 16.8 Å². The molecular weight excluding hydrogens is 268 g/mol. The Morgan fingerprint density at radius 2 is 2.25 bits per heavy atom. The van der Waals surface area contributed by atoms with Crippen LogP contribution in [0.15, 0.2) is 21.9 Å². The van der Waals surface area contributed by atoms with Crippen molar-refractivity contribution in [3.63, 3.8) is 0 Å². The van der Waals surface area contributed by atoms with Gasteiger partial charge in [0, 0.05) is 12.3 Å². The summed E-state index contributed by atoms with van der Waals surface area (Å²) in [6.45, 7) is 0.726. The zero-order valence-corrected chi connectivity index (χ0v) is 10.6. The molecule has 2 rings (SSSR count). The molecule has 108 valence electrons. The maximum absolute atomic E-state index is 11.7. The number of hydrogen-bond acceptors (Lipinski definition) is 6. The Kier molecular flexibility index (Phi) is 3.31. The molecule has 0 spiro atoms. The van der Waals surface area contributed by atoms with Gasteiger partial charge in [-0.15, -0.1) is 6.42 Å². The molecule has 2 heterocycles. The topological polar surface area (TPSA) is 125 Å². The van der Waals surface area contributed by atoms with Gasteiger partial charge in [0.15, 0.2) is 11.8 Å². The van der Waals surface area contributed by atoms with Gasteiger partial charge in [0.05, 0.1) is 6.61 Å². The number of terminal acetylenes is 1. The molecule has 0 aliphatic carbocycles.